The van der Waals surface area contributed by atoms with Crippen LogP contribution in [0.3, 0.4) is 0 Å². The van der Waals surface area contributed by atoms with Gasteiger partial charge in [0, 0.05) is 6.42 Å². The van der Waals surface area contributed by atoms with Gasteiger partial charge in [0.15, 0.2) is 5.78 Å². The van der Waals surface area contributed by atoms with Gasteiger partial charge >= 0.3 is 0 Å². The molecular weight excluding hydrogens is 320 g/mol. The van der Waals surface area contributed by atoms with E-state index in [0.717, 1.165) is 19.3 Å². The molecule has 6 nitrogen and oxygen atoms in total. The van der Waals surface area contributed by atoms with Crippen LogP contribution < -0.4 is 0 Å². The highest BCUT2D eigenvalue weighted by Gasteiger charge is 2.36. The minimum Gasteiger partial charge on any atom is -0.387 e. The number of aliphatic hydroxyl groups excluding tert-OH is 5. The summed E-state index contributed by atoms with van der Waals surface area (Å²) < 4.78 is 0. The molecule has 5 unspecified atom stereocenters. The summed E-state index contributed by atoms with van der Waals surface area (Å²) in [6.45, 7) is 2.03. The van der Waals surface area contributed by atoms with Gasteiger partial charge in [-0.25, -0.2) is 0 Å². The predicted octanol–water partition coefficient (Wildman–Crippen LogP) is -0.317. The predicted molar refractivity (Wildman–Crippen MR) is 72.7 cm³/mol. The summed E-state index contributed by atoms with van der Waals surface area (Å²) in [5.41, 5.74) is 0. The number of carbonyl (C=O) groups is 1. The van der Waals surface area contributed by atoms with Crippen LogP contribution in [-0.2, 0) is 4.79 Å². The second kappa shape index (κ2) is 9.79. The number of ketones is 1. The number of alkyl halides is 1. The van der Waals surface area contributed by atoms with E-state index in [0.29, 0.717) is 6.42 Å². The summed E-state index contributed by atoms with van der Waals surface area (Å²) >= 11 is 2.62. The van der Waals surface area contributed by atoms with E-state index in [1.807, 2.05) is 6.92 Å². The number of hydrogen-bond donors (Lipinski definition) is 5. The molecule has 0 aromatic heterocycles. The molecule has 7 heteroatoms. The van der Waals surface area contributed by atoms with E-state index < -0.39 is 35.2 Å². The smallest absolute Gasteiger partial charge is 0.164 e. The molecule has 0 aromatic rings. The Bertz CT molecular complexity index is 261. The van der Waals surface area contributed by atoms with Crippen molar-refractivity contribution in [2.75, 3.05) is 0 Å². The number of carbonyl (C=O) groups excluding carboxylic acids is 1. The number of halogens is 1. The van der Waals surface area contributed by atoms with E-state index in [1.54, 1.807) is 0 Å². The van der Waals surface area contributed by atoms with Crippen LogP contribution in [0.4, 0.5) is 0 Å². The first-order valence-electron chi connectivity index (χ1n) is 6.40. The van der Waals surface area contributed by atoms with Gasteiger partial charge in [-0.3, -0.25) is 4.79 Å². The average molecular weight is 343 g/mol. The molecule has 0 saturated heterocycles. The maximum absolute atomic E-state index is 11.6. The molecule has 0 fully saturated rings. The second-order valence-corrected chi connectivity index (χ2v) is 5.50. The third-order valence-corrected chi connectivity index (χ3v) is 3.45. The molecule has 0 amide bonds. The van der Waals surface area contributed by atoms with Crippen LogP contribution in [0.2, 0.25) is 0 Å². The van der Waals surface area contributed by atoms with Crippen molar-refractivity contribution >= 4 is 21.7 Å². The van der Waals surface area contributed by atoms with Crippen LogP contribution in [0.25, 0.3) is 0 Å². The van der Waals surface area contributed by atoms with Crippen molar-refractivity contribution in [1.82, 2.24) is 0 Å². The summed E-state index contributed by atoms with van der Waals surface area (Å²) in [4.78, 5) is 11.6. The Hall–Kier alpha value is -0.0500. The van der Waals surface area contributed by atoms with Gasteiger partial charge in [-0.15, -0.1) is 0 Å². The standard InChI is InChI=1S/C12H23BrO6/c1-2-3-4-5-6-7(14)8(15)9(16)10(17)11(18)12(13)19/h8-12,15-19H,2-6H2,1H3. The monoisotopic (exact) mass is 342 g/mol. The first-order chi connectivity index (χ1) is 8.82. The van der Waals surface area contributed by atoms with Gasteiger partial charge < -0.3 is 25.5 Å². The Kier molecular flexibility index (Phi) is 9.77. The van der Waals surface area contributed by atoms with Gasteiger partial charge in [0.25, 0.3) is 0 Å². The van der Waals surface area contributed by atoms with Crippen LogP contribution in [0.15, 0.2) is 0 Å². The summed E-state index contributed by atoms with van der Waals surface area (Å²) in [5, 5.41) is 45.5. The van der Waals surface area contributed by atoms with E-state index in [2.05, 4.69) is 15.9 Å². The van der Waals surface area contributed by atoms with Gasteiger partial charge in [-0.05, 0) is 6.42 Å². The minimum atomic E-state index is -1.83. The Balaban J connectivity index is 4.23. The lowest BCUT2D eigenvalue weighted by Crippen LogP contribution is -2.50. The first kappa shape index (κ1) is 18.9. The van der Waals surface area contributed by atoms with Crippen molar-refractivity contribution in [2.45, 2.75) is 68.5 Å². The Morgan fingerprint density at radius 3 is 2.00 bits per heavy atom. The maximum atomic E-state index is 11.6. The fourth-order valence-corrected chi connectivity index (χ4v) is 1.93. The number of unbranched alkanes of at least 4 members (excludes halogenated alkanes) is 3. The second-order valence-electron chi connectivity index (χ2n) is 4.57. The summed E-state index contributed by atoms with van der Waals surface area (Å²) in [6.07, 6.45) is -3.53. The van der Waals surface area contributed by atoms with E-state index >= 15 is 0 Å². The lowest BCUT2D eigenvalue weighted by molar-refractivity contribution is -0.148. The van der Waals surface area contributed by atoms with Crippen molar-refractivity contribution in [3.05, 3.63) is 0 Å². The number of hydrogen-bond acceptors (Lipinski definition) is 6. The molecule has 5 N–H and O–H groups in total. The molecular formula is C12H23BrO6. The normalized spacial score (nSPS) is 19.5. The third-order valence-electron chi connectivity index (χ3n) is 2.91. The number of rotatable bonds is 10. The molecule has 19 heavy (non-hydrogen) atoms. The zero-order valence-electron chi connectivity index (χ0n) is 10.9. The van der Waals surface area contributed by atoms with Crippen molar-refractivity contribution in [3.63, 3.8) is 0 Å². The summed E-state index contributed by atoms with van der Waals surface area (Å²) in [6, 6.07) is 0. The maximum Gasteiger partial charge on any atom is 0.164 e. The average Bonchev–Trinajstić information content (AvgIpc) is 2.39. The van der Waals surface area contributed by atoms with E-state index in [4.69, 9.17) is 5.11 Å². The quantitative estimate of drug-likeness (QED) is 0.274. The van der Waals surface area contributed by atoms with Gasteiger partial charge in [0.05, 0.1) is 0 Å². The number of aliphatic hydroxyl groups is 5. The molecule has 0 radical (unpaired) electrons. The zero-order valence-corrected chi connectivity index (χ0v) is 12.5. The van der Waals surface area contributed by atoms with E-state index in [9.17, 15) is 25.2 Å². The van der Waals surface area contributed by atoms with Crippen LogP contribution >= 0.6 is 15.9 Å². The topological polar surface area (TPSA) is 118 Å². The molecule has 0 rings (SSSR count). The molecule has 114 valence electrons. The fourth-order valence-electron chi connectivity index (χ4n) is 1.62. The van der Waals surface area contributed by atoms with Crippen LogP contribution in [0.1, 0.15) is 39.0 Å². The van der Waals surface area contributed by atoms with Gasteiger partial charge in [0.2, 0.25) is 0 Å². The lowest BCUT2D eigenvalue weighted by Gasteiger charge is -2.26. The molecule has 0 aliphatic heterocycles. The summed E-state index contributed by atoms with van der Waals surface area (Å²) in [7, 11) is 0. The minimum absolute atomic E-state index is 0.109. The van der Waals surface area contributed by atoms with Crippen LogP contribution in [0, 0.1) is 0 Å². The lowest BCUT2D eigenvalue weighted by atomic mass is 9.97. The fraction of sp³-hybridized carbons (Fsp3) is 0.917. The van der Waals surface area contributed by atoms with Crippen LogP contribution in [-0.4, -0.2) is 60.7 Å². The van der Waals surface area contributed by atoms with Gasteiger partial charge in [-0.2, -0.15) is 0 Å². The highest BCUT2D eigenvalue weighted by Crippen LogP contribution is 2.14. The van der Waals surface area contributed by atoms with Gasteiger partial charge in [0.1, 0.15) is 29.4 Å². The molecule has 0 aliphatic rings. The zero-order chi connectivity index (χ0) is 15.0. The molecule has 0 spiro atoms. The Morgan fingerprint density at radius 1 is 0.947 bits per heavy atom. The first-order valence-corrected chi connectivity index (χ1v) is 7.31. The molecule has 0 aromatic carbocycles. The van der Waals surface area contributed by atoms with E-state index in [-0.39, 0.29) is 6.42 Å². The SMILES string of the molecule is CCCCCCC(=O)C(O)C(O)C(O)C(O)C(O)Br. The summed E-state index contributed by atoms with van der Waals surface area (Å²) in [5.74, 6) is -0.584. The molecule has 0 aliphatic carbocycles. The largest absolute Gasteiger partial charge is 0.387 e. The highest BCUT2D eigenvalue weighted by atomic mass is 79.9. The molecule has 0 heterocycles. The van der Waals surface area contributed by atoms with Gasteiger partial charge in [-0.1, -0.05) is 42.1 Å². The Labute approximate surface area is 121 Å². The van der Waals surface area contributed by atoms with Crippen molar-refractivity contribution < 1.29 is 30.3 Å². The van der Waals surface area contributed by atoms with Crippen LogP contribution in [0.5, 0.6) is 0 Å². The Morgan fingerprint density at radius 2 is 1.53 bits per heavy atom. The molecule has 5 atom stereocenters. The third kappa shape index (κ3) is 6.78. The van der Waals surface area contributed by atoms with Crippen molar-refractivity contribution in [3.8, 4) is 0 Å². The van der Waals surface area contributed by atoms with Crippen molar-refractivity contribution in [1.29, 1.82) is 0 Å². The number of Topliss-reactive ketones (excluding diaryl/α,β-unsaturated/α-hetero) is 1. The highest BCUT2D eigenvalue weighted by molar-refractivity contribution is 9.09. The van der Waals surface area contributed by atoms with Crippen molar-refractivity contribution in [2.24, 2.45) is 0 Å². The van der Waals surface area contributed by atoms with E-state index in [1.165, 1.54) is 0 Å². The molecule has 0 bridgehead atoms. The molecule has 0 saturated carbocycles.